The van der Waals surface area contributed by atoms with Crippen molar-refractivity contribution in [3.63, 3.8) is 0 Å². The Hall–Kier alpha value is -1.72. The Balaban J connectivity index is 1.55. The summed E-state index contributed by atoms with van der Waals surface area (Å²) in [7, 11) is 0. The van der Waals surface area contributed by atoms with Crippen LogP contribution in [0, 0.1) is 11.8 Å². The van der Waals surface area contributed by atoms with Crippen LogP contribution in [0.25, 0.3) is 0 Å². The fraction of sp³-hybridized carbons (Fsp3) is 0.650. The van der Waals surface area contributed by atoms with Gasteiger partial charge in [-0.1, -0.05) is 31.7 Å². The van der Waals surface area contributed by atoms with E-state index >= 15 is 0 Å². The van der Waals surface area contributed by atoms with Crippen molar-refractivity contribution < 1.29 is 18.0 Å². The number of nitrogens with zero attached hydrogens (tertiary/aromatic N) is 1. The summed E-state index contributed by atoms with van der Waals surface area (Å²) in [6.07, 6.45) is 4.72. The number of benzene rings is 1. The van der Waals surface area contributed by atoms with E-state index in [1.165, 1.54) is 37.8 Å². The number of anilines is 1. The van der Waals surface area contributed by atoms with E-state index in [0.29, 0.717) is 11.8 Å². The number of fused-ring (bicyclic) bond motifs is 3. The van der Waals surface area contributed by atoms with Gasteiger partial charge in [0.15, 0.2) is 0 Å². The molecule has 4 rings (SSSR count). The second-order valence-electron chi connectivity index (χ2n) is 7.95. The van der Waals surface area contributed by atoms with Crippen molar-refractivity contribution in [3.8, 4) is 0 Å². The van der Waals surface area contributed by atoms with Crippen molar-refractivity contribution in [2.75, 3.05) is 5.32 Å². The van der Waals surface area contributed by atoms with Gasteiger partial charge < -0.3 is 10.2 Å². The molecule has 1 aromatic carbocycles. The molecule has 2 amide bonds. The average molecular weight is 366 g/mol. The summed E-state index contributed by atoms with van der Waals surface area (Å²) in [5.74, 6) is 1.14. The Labute approximate surface area is 151 Å². The van der Waals surface area contributed by atoms with Crippen LogP contribution in [0.4, 0.5) is 23.7 Å². The Morgan fingerprint density at radius 2 is 1.54 bits per heavy atom. The molecule has 142 valence electrons. The van der Waals surface area contributed by atoms with E-state index in [9.17, 15) is 18.0 Å². The third kappa shape index (κ3) is 3.19. The van der Waals surface area contributed by atoms with Crippen molar-refractivity contribution in [1.82, 2.24) is 4.90 Å². The lowest BCUT2D eigenvalue weighted by Crippen LogP contribution is -2.46. The number of nitrogens with one attached hydrogen (secondary N) is 1. The Morgan fingerprint density at radius 3 is 2.12 bits per heavy atom. The number of rotatable bonds is 1. The van der Waals surface area contributed by atoms with Crippen LogP contribution in [-0.2, 0) is 6.18 Å². The smallest absolute Gasteiger partial charge is 0.318 e. The number of halogens is 3. The molecule has 2 aliphatic carbocycles. The molecule has 3 fully saturated rings. The quantitative estimate of drug-likeness (QED) is 0.682. The van der Waals surface area contributed by atoms with Gasteiger partial charge in [-0.25, -0.2) is 4.79 Å². The van der Waals surface area contributed by atoms with Gasteiger partial charge >= 0.3 is 12.2 Å². The number of carbonyl (C=O) groups is 1. The molecule has 1 heterocycles. The highest BCUT2D eigenvalue weighted by atomic mass is 19.4. The van der Waals surface area contributed by atoms with Crippen LogP contribution in [0.2, 0.25) is 0 Å². The number of alkyl halides is 3. The zero-order valence-corrected chi connectivity index (χ0v) is 14.8. The lowest BCUT2D eigenvalue weighted by atomic mass is 9.73. The predicted molar refractivity (Wildman–Crippen MR) is 93.8 cm³/mol. The fourth-order valence-electron chi connectivity index (χ4n) is 5.48. The van der Waals surface area contributed by atoms with E-state index in [1.54, 1.807) is 0 Å². The van der Waals surface area contributed by atoms with Crippen LogP contribution in [0.5, 0.6) is 0 Å². The summed E-state index contributed by atoms with van der Waals surface area (Å²) in [4.78, 5) is 15.0. The van der Waals surface area contributed by atoms with Gasteiger partial charge in [0, 0.05) is 17.8 Å². The third-order valence-electron chi connectivity index (χ3n) is 6.50. The van der Waals surface area contributed by atoms with Crippen molar-refractivity contribution >= 4 is 11.7 Å². The van der Waals surface area contributed by atoms with E-state index in [2.05, 4.69) is 5.32 Å². The average Bonchev–Trinajstić information content (AvgIpc) is 2.96. The van der Waals surface area contributed by atoms with Gasteiger partial charge in [-0.05, 0) is 55.7 Å². The third-order valence-corrected chi connectivity index (χ3v) is 6.50. The number of hydrogen-bond donors (Lipinski definition) is 1. The molecule has 1 saturated heterocycles. The molecular weight excluding hydrogens is 341 g/mol. The number of likely N-dealkylation sites (tertiary alicyclic amines) is 1. The number of carbonyl (C=O) groups excluding carboxylic acids is 1. The van der Waals surface area contributed by atoms with Crippen LogP contribution >= 0.6 is 0 Å². The fourth-order valence-corrected chi connectivity index (χ4v) is 5.48. The van der Waals surface area contributed by atoms with Crippen molar-refractivity contribution in [2.24, 2.45) is 11.8 Å². The SMILES string of the molecule is O=C(Nc1cccc(C(F)(F)F)c1)N1C2CCCCC2C2CCCCC21. The van der Waals surface area contributed by atoms with Crippen LogP contribution in [0.3, 0.4) is 0 Å². The van der Waals surface area contributed by atoms with E-state index in [-0.39, 0.29) is 23.8 Å². The number of hydrogen-bond acceptors (Lipinski definition) is 1. The van der Waals surface area contributed by atoms with Crippen molar-refractivity contribution in [1.29, 1.82) is 0 Å². The van der Waals surface area contributed by atoms with Crippen LogP contribution < -0.4 is 5.32 Å². The van der Waals surface area contributed by atoms with Gasteiger partial charge in [-0.15, -0.1) is 0 Å². The first-order valence-corrected chi connectivity index (χ1v) is 9.72. The summed E-state index contributed by atoms with van der Waals surface area (Å²) < 4.78 is 38.8. The molecule has 1 N–H and O–H groups in total. The van der Waals surface area contributed by atoms with Crippen LogP contribution in [-0.4, -0.2) is 23.0 Å². The lowest BCUT2D eigenvalue weighted by Gasteiger charge is -2.34. The largest absolute Gasteiger partial charge is 0.416 e. The summed E-state index contributed by atoms with van der Waals surface area (Å²) in [5.41, 5.74) is -0.515. The highest BCUT2D eigenvalue weighted by Gasteiger charge is 2.51. The topological polar surface area (TPSA) is 32.3 Å². The molecule has 1 aromatic rings. The molecule has 0 radical (unpaired) electrons. The molecule has 0 spiro atoms. The highest BCUT2D eigenvalue weighted by Crippen LogP contribution is 2.49. The normalized spacial score (nSPS) is 31.3. The van der Waals surface area contributed by atoms with Gasteiger partial charge in [-0.3, -0.25) is 0 Å². The van der Waals surface area contributed by atoms with Gasteiger partial charge in [-0.2, -0.15) is 13.2 Å². The maximum absolute atomic E-state index is 13.0. The first-order valence-electron chi connectivity index (χ1n) is 9.72. The second-order valence-corrected chi connectivity index (χ2v) is 7.95. The van der Waals surface area contributed by atoms with Gasteiger partial charge in [0.1, 0.15) is 0 Å². The molecule has 1 aliphatic heterocycles. The Kier molecular flexibility index (Phi) is 4.61. The molecule has 0 aromatic heterocycles. The summed E-state index contributed by atoms with van der Waals surface area (Å²) in [5, 5.41) is 2.75. The molecule has 6 heteroatoms. The summed E-state index contributed by atoms with van der Waals surface area (Å²) in [6.45, 7) is 0. The minimum atomic E-state index is -4.41. The molecule has 3 nitrogen and oxygen atoms in total. The van der Waals surface area contributed by atoms with E-state index in [0.717, 1.165) is 37.8 Å². The minimum absolute atomic E-state index is 0.219. The van der Waals surface area contributed by atoms with E-state index in [4.69, 9.17) is 0 Å². The standard InChI is InChI=1S/C20H25F3N2O/c21-20(22,23)13-6-5-7-14(12-13)24-19(26)25-17-10-3-1-8-15(17)16-9-2-4-11-18(16)25/h5-7,12,15-18H,1-4,8-11H2,(H,24,26). The Bertz CT molecular complexity index is 653. The predicted octanol–water partition coefficient (Wildman–Crippen LogP) is 5.67. The van der Waals surface area contributed by atoms with E-state index in [1.807, 2.05) is 4.90 Å². The maximum Gasteiger partial charge on any atom is 0.416 e. The zero-order chi connectivity index (χ0) is 18.3. The molecule has 4 atom stereocenters. The molecule has 0 bridgehead atoms. The molecule has 2 saturated carbocycles. The van der Waals surface area contributed by atoms with E-state index < -0.39 is 11.7 Å². The summed E-state index contributed by atoms with van der Waals surface area (Å²) in [6, 6.07) is 5.19. The van der Waals surface area contributed by atoms with Crippen LogP contribution in [0.1, 0.15) is 56.9 Å². The van der Waals surface area contributed by atoms with Crippen LogP contribution in [0.15, 0.2) is 24.3 Å². The Morgan fingerprint density at radius 1 is 0.962 bits per heavy atom. The zero-order valence-electron chi connectivity index (χ0n) is 14.8. The first kappa shape index (κ1) is 17.7. The maximum atomic E-state index is 13.0. The lowest BCUT2D eigenvalue weighted by molar-refractivity contribution is -0.137. The summed E-state index contributed by atoms with van der Waals surface area (Å²) >= 11 is 0. The molecular formula is C20H25F3N2O. The molecule has 26 heavy (non-hydrogen) atoms. The second kappa shape index (κ2) is 6.78. The van der Waals surface area contributed by atoms with Gasteiger partial charge in [0.25, 0.3) is 0 Å². The minimum Gasteiger partial charge on any atom is -0.318 e. The monoisotopic (exact) mass is 366 g/mol. The molecule has 3 aliphatic rings. The van der Waals surface area contributed by atoms with Gasteiger partial charge in [0.2, 0.25) is 0 Å². The van der Waals surface area contributed by atoms with Gasteiger partial charge in [0.05, 0.1) is 5.56 Å². The van der Waals surface area contributed by atoms with Crippen molar-refractivity contribution in [2.45, 2.75) is 69.6 Å². The van der Waals surface area contributed by atoms with Crippen molar-refractivity contribution in [3.05, 3.63) is 29.8 Å². The number of urea groups is 1. The first-order chi connectivity index (χ1) is 12.4. The molecule has 4 unspecified atom stereocenters. The highest BCUT2D eigenvalue weighted by molar-refractivity contribution is 5.90. The number of amides is 2.